The number of rotatable bonds is 6. The van der Waals surface area contributed by atoms with Gasteiger partial charge in [-0.25, -0.2) is 4.98 Å². The van der Waals surface area contributed by atoms with Crippen molar-refractivity contribution in [3.8, 4) is 22.6 Å². The van der Waals surface area contributed by atoms with Crippen LogP contribution in [0, 0.1) is 0 Å². The van der Waals surface area contributed by atoms with Gasteiger partial charge in [0.25, 0.3) is 5.56 Å². The van der Waals surface area contributed by atoms with Crippen molar-refractivity contribution >= 4 is 39.2 Å². The van der Waals surface area contributed by atoms with Crippen molar-refractivity contribution in [2.45, 2.75) is 11.7 Å². The van der Waals surface area contributed by atoms with Crippen LogP contribution in [0.1, 0.15) is 5.56 Å². The fraction of sp³-hybridized carbons (Fsp3) is 0.296. The van der Waals surface area contributed by atoms with Crippen LogP contribution in [0.15, 0.2) is 63.9 Å². The van der Waals surface area contributed by atoms with E-state index in [-0.39, 0.29) is 24.0 Å². The lowest BCUT2D eigenvalue weighted by Crippen LogP contribution is -2.48. The normalized spacial score (nSPS) is 15.4. The number of amides is 1. The molecule has 0 unspecified atom stereocenters. The lowest BCUT2D eigenvalue weighted by molar-refractivity contribution is -0.130. The number of nitrogens with zero attached hydrogens (tertiary/aromatic N) is 4. The first-order valence-electron chi connectivity index (χ1n) is 12.1. The monoisotopic (exact) mass is 534 g/mol. The first-order valence-corrected chi connectivity index (χ1v) is 14.0. The number of thioether (sulfide) groups is 1. The van der Waals surface area contributed by atoms with Gasteiger partial charge in [-0.3, -0.25) is 19.1 Å². The van der Waals surface area contributed by atoms with Crippen LogP contribution in [-0.4, -0.2) is 64.0 Å². The van der Waals surface area contributed by atoms with Crippen LogP contribution in [0.5, 0.6) is 11.5 Å². The van der Waals surface area contributed by atoms with Gasteiger partial charge in [0.2, 0.25) is 12.7 Å². The Bertz CT molecular complexity index is 1510. The molecule has 2 aromatic carbocycles. The van der Waals surface area contributed by atoms with Gasteiger partial charge in [-0.15, -0.1) is 11.3 Å². The van der Waals surface area contributed by atoms with E-state index in [0.29, 0.717) is 28.5 Å². The number of aromatic nitrogens is 2. The minimum Gasteiger partial charge on any atom is -0.454 e. The van der Waals surface area contributed by atoms with Crippen LogP contribution < -0.4 is 15.0 Å². The smallest absolute Gasteiger partial charge is 0.263 e. The van der Waals surface area contributed by atoms with E-state index >= 15 is 0 Å². The van der Waals surface area contributed by atoms with Gasteiger partial charge in [-0.2, -0.15) is 0 Å². The zero-order valence-corrected chi connectivity index (χ0v) is 22.0. The van der Waals surface area contributed by atoms with Crippen molar-refractivity contribution < 1.29 is 14.3 Å². The van der Waals surface area contributed by atoms with E-state index in [2.05, 4.69) is 11.0 Å². The molecule has 37 heavy (non-hydrogen) atoms. The van der Waals surface area contributed by atoms with Crippen LogP contribution in [0.25, 0.3) is 21.3 Å². The largest absolute Gasteiger partial charge is 0.454 e. The molecule has 0 saturated carbocycles. The summed E-state index contributed by atoms with van der Waals surface area (Å²) in [6.45, 7) is 4.07. The third kappa shape index (κ3) is 4.84. The predicted octanol–water partition coefficient (Wildman–Crippen LogP) is 3.83. The Morgan fingerprint density at radius 1 is 1.05 bits per heavy atom. The van der Waals surface area contributed by atoms with Crippen LogP contribution in [0.2, 0.25) is 0 Å². The standard InChI is InChI=1S/C27H26N4O4S2/c1-29-26(33)24-20(19-5-3-2-4-6-19)15-36-25(24)28-27(29)37-16-23(32)31-11-9-30(10-12-31)14-18-7-8-21-22(13-18)35-17-34-21/h2-8,13,15H,9-12,14,16-17H2,1H3. The lowest BCUT2D eigenvalue weighted by Gasteiger charge is -2.34. The zero-order chi connectivity index (χ0) is 25.4. The molecule has 1 amide bonds. The van der Waals surface area contributed by atoms with Crippen molar-refractivity contribution in [3.05, 3.63) is 69.8 Å². The van der Waals surface area contributed by atoms with Crippen molar-refractivity contribution in [1.82, 2.24) is 19.4 Å². The van der Waals surface area contributed by atoms with Crippen molar-refractivity contribution in [1.29, 1.82) is 0 Å². The highest BCUT2D eigenvalue weighted by Gasteiger charge is 2.23. The predicted molar refractivity (Wildman–Crippen MR) is 145 cm³/mol. The molecule has 2 aliphatic heterocycles. The Morgan fingerprint density at radius 3 is 2.65 bits per heavy atom. The van der Waals surface area contributed by atoms with Crippen molar-refractivity contribution in [2.75, 3.05) is 38.7 Å². The summed E-state index contributed by atoms with van der Waals surface area (Å²) < 4.78 is 12.4. The Balaban J connectivity index is 1.07. The van der Waals surface area contributed by atoms with Gasteiger partial charge in [0.1, 0.15) is 4.83 Å². The summed E-state index contributed by atoms with van der Waals surface area (Å²) >= 11 is 2.79. The van der Waals surface area contributed by atoms with E-state index in [9.17, 15) is 9.59 Å². The highest BCUT2D eigenvalue weighted by molar-refractivity contribution is 7.99. The fourth-order valence-corrected chi connectivity index (χ4v) is 6.55. The van der Waals surface area contributed by atoms with E-state index in [4.69, 9.17) is 14.5 Å². The summed E-state index contributed by atoms with van der Waals surface area (Å²) in [5.41, 5.74) is 2.99. The highest BCUT2D eigenvalue weighted by atomic mass is 32.2. The average Bonchev–Trinajstić information content (AvgIpc) is 3.57. The number of fused-ring (bicyclic) bond motifs is 2. The molecule has 0 bridgehead atoms. The Labute approximate surface area is 222 Å². The van der Waals surface area contributed by atoms with Crippen LogP contribution in [0.3, 0.4) is 0 Å². The van der Waals surface area contributed by atoms with Crippen LogP contribution in [-0.2, 0) is 18.4 Å². The molecule has 0 N–H and O–H groups in total. The van der Waals surface area contributed by atoms with E-state index < -0.39 is 0 Å². The van der Waals surface area contributed by atoms with Crippen LogP contribution in [0.4, 0.5) is 0 Å². The maximum Gasteiger partial charge on any atom is 0.263 e. The second-order valence-corrected chi connectivity index (χ2v) is 10.9. The molecule has 1 fully saturated rings. The molecule has 2 aromatic heterocycles. The number of ether oxygens (including phenoxy) is 2. The summed E-state index contributed by atoms with van der Waals surface area (Å²) in [5, 5.41) is 3.18. The molecule has 6 rings (SSSR count). The molecular weight excluding hydrogens is 508 g/mol. The van der Waals surface area contributed by atoms with Crippen LogP contribution >= 0.6 is 23.1 Å². The van der Waals surface area contributed by atoms with Gasteiger partial charge in [0.15, 0.2) is 16.7 Å². The summed E-state index contributed by atoms with van der Waals surface area (Å²) in [4.78, 5) is 35.8. The molecule has 0 radical (unpaired) electrons. The van der Waals surface area contributed by atoms with E-state index in [0.717, 1.165) is 42.3 Å². The SMILES string of the molecule is Cn1c(SCC(=O)N2CCN(Cc3ccc4c(c3)OCO4)CC2)nc2scc(-c3ccccc3)c2c1=O. The number of hydrogen-bond donors (Lipinski definition) is 0. The third-order valence-electron chi connectivity index (χ3n) is 6.75. The molecule has 0 atom stereocenters. The summed E-state index contributed by atoms with van der Waals surface area (Å²) in [5.74, 6) is 1.91. The lowest BCUT2D eigenvalue weighted by atomic mass is 10.1. The molecule has 2 aliphatic rings. The van der Waals surface area contributed by atoms with Gasteiger partial charge in [-0.1, -0.05) is 48.2 Å². The molecule has 1 saturated heterocycles. The summed E-state index contributed by atoms with van der Waals surface area (Å²) in [6, 6.07) is 15.9. The zero-order valence-electron chi connectivity index (χ0n) is 20.4. The van der Waals surface area contributed by atoms with Gasteiger partial charge in [0.05, 0.1) is 11.1 Å². The molecule has 190 valence electrons. The molecule has 10 heteroatoms. The number of carbonyl (C=O) groups is 1. The molecular formula is C27H26N4O4S2. The molecule has 4 aromatic rings. The molecule has 8 nitrogen and oxygen atoms in total. The van der Waals surface area contributed by atoms with Gasteiger partial charge < -0.3 is 14.4 Å². The molecule has 0 aliphatic carbocycles. The van der Waals surface area contributed by atoms with E-state index in [1.807, 2.05) is 52.7 Å². The molecule has 4 heterocycles. The van der Waals surface area contributed by atoms with E-state index in [1.54, 1.807) is 11.6 Å². The topological polar surface area (TPSA) is 76.9 Å². The van der Waals surface area contributed by atoms with Gasteiger partial charge in [0, 0.05) is 50.7 Å². The summed E-state index contributed by atoms with van der Waals surface area (Å²) in [7, 11) is 1.73. The summed E-state index contributed by atoms with van der Waals surface area (Å²) in [6.07, 6.45) is 0. The Morgan fingerprint density at radius 2 is 1.84 bits per heavy atom. The quantitative estimate of drug-likeness (QED) is 0.275. The second kappa shape index (κ2) is 10.2. The van der Waals surface area contributed by atoms with Crippen molar-refractivity contribution in [2.24, 2.45) is 7.05 Å². The maximum atomic E-state index is 13.2. The first kappa shape index (κ1) is 24.0. The minimum absolute atomic E-state index is 0.0678. The number of benzene rings is 2. The number of hydrogen-bond acceptors (Lipinski definition) is 8. The van der Waals surface area contributed by atoms with Gasteiger partial charge in [-0.05, 0) is 23.3 Å². The minimum atomic E-state index is -0.0859. The number of thiophene rings is 1. The number of carbonyl (C=O) groups excluding carboxylic acids is 1. The Kier molecular flexibility index (Phi) is 6.62. The molecule has 0 spiro atoms. The number of piperazine rings is 1. The van der Waals surface area contributed by atoms with Gasteiger partial charge >= 0.3 is 0 Å². The first-order chi connectivity index (χ1) is 18.1. The Hall–Kier alpha value is -3.34. The third-order valence-corrected chi connectivity index (χ3v) is 8.64. The highest BCUT2D eigenvalue weighted by Crippen LogP contribution is 2.33. The second-order valence-electron chi connectivity index (χ2n) is 9.09. The van der Waals surface area contributed by atoms with Crippen molar-refractivity contribution in [3.63, 3.8) is 0 Å². The maximum absolute atomic E-state index is 13.2. The van der Waals surface area contributed by atoms with E-state index in [1.165, 1.54) is 28.7 Å². The average molecular weight is 535 g/mol. The fourth-order valence-electron chi connectivity index (χ4n) is 4.68.